The van der Waals surface area contributed by atoms with E-state index in [0.717, 1.165) is 23.3 Å². The molecule has 9 nitrogen and oxygen atoms in total. The lowest BCUT2D eigenvalue weighted by molar-refractivity contribution is -0.384. The lowest BCUT2D eigenvalue weighted by Gasteiger charge is -2.10. The molecule has 0 fully saturated rings. The number of nitro groups is 1. The Balaban J connectivity index is 1.71. The Bertz CT molecular complexity index is 1510. The highest BCUT2D eigenvalue weighted by Gasteiger charge is 2.36. The van der Waals surface area contributed by atoms with Gasteiger partial charge in [-0.1, -0.05) is 6.07 Å². The van der Waals surface area contributed by atoms with Crippen molar-refractivity contribution >= 4 is 38.9 Å². The number of benzene rings is 2. The van der Waals surface area contributed by atoms with Gasteiger partial charge in [0.15, 0.2) is 11.3 Å². The SMILES string of the molecule is Cc1cc(C)cc(Oc2cc(NC(=O)c3nn4c(C(F)(F)F)cc(C)nc4c3Br)cc([N+](=O)[O-])c2)c1. The minimum Gasteiger partial charge on any atom is -0.457 e. The molecule has 2 aromatic carbocycles. The quantitative estimate of drug-likeness (QED) is 0.222. The summed E-state index contributed by atoms with van der Waals surface area (Å²) in [5.74, 6) is -0.388. The second kappa shape index (κ2) is 9.22. The van der Waals surface area contributed by atoms with Gasteiger partial charge in [0.25, 0.3) is 11.6 Å². The van der Waals surface area contributed by atoms with E-state index in [-0.39, 0.29) is 38.6 Å². The number of aromatic nitrogens is 3. The van der Waals surface area contributed by atoms with Crippen molar-refractivity contribution in [3.63, 3.8) is 0 Å². The number of anilines is 1. The van der Waals surface area contributed by atoms with Crippen LogP contribution in [0.3, 0.4) is 0 Å². The molecule has 36 heavy (non-hydrogen) atoms. The molecule has 0 saturated carbocycles. The fraction of sp³-hybridized carbons (Fsp3) is 0.174. The molecular weight excluding hydrogens is 547 g/mol. The normalized spacial score (nSPS) is 11.5. The zero-order valence-electron chi connectivity index (χ0n) is 19.0. The maximum atomic E-state index is 13.5. The van der Waals surface area contributed by atoms with Crippen LogP contribution in [-0.2, 0) is 6.18 Å². The summed E-state index contributed by atoms with van der Waals surface area (Å²) >= 11 is 3.10. The highest BCUT2D eigenvalue weighted by Crippen LogP contribution is 2.34. The predicted molar refractivity (Wildman–Crippen MR) is 127 cm³/mol. The van der Waals surface area contributed by atoms with Crippen LogP contribution in [0.25, 0.3) is 5.65 Å². The van der Waals surface area contributed by atoms with Gasteiger partial charge in [0.05, 0.1) is 21.1 Å². The number of aryl methyl sites for hydroxylation is 3. The summed E-state index contributed by atoms with van der Waals surface area (Å²) in [5.41, 5.74) is -0.160. The van der Waals surface area contributed by atoms with Crippen LogP contribution in [-0.4, -0.2) is 25.4 Å². The van der Waals surface area contributed by atoms with Crippen molar-refractivity contribution in [2.45, 2.75) is 26.9 Å². The molecule has 4 rings (SSSR count). The van der Waals surface area contributed by atoms with Crippen molar-refractivity contribution in [1.29, 1.82) is 0 Å². The number of non-ortho nitro benzene ring substituents is 1. The summed E-state index contributed by atoms with van der Waals surface area (Å²) in [4.78, 5) is 27.8. The number of nitrogens with zero attached hydrogens (tertiary/aromatic N) is 4. The third kappa shape index (κ3) is 5.15. The summed E-state index contributed by atoms with van der Waals surface area (Å²) < 4.78 is 46.7. The standard InChI is InChI=1S/C23H17BrF3N5O4/c1-11-4-12(2)6-16(5-11)36-17-9-14(8-15(10-17)32(34)35)29-22(33)20-19(24)21-28-13(3)7-18(23(25,26)27)31(21)30-20/h4-10H,1-3H3,(H,29,33). The van der Waals surface area contributed by atoms with Crippen LogP contribution in [0.15, 0.2) is 46.9 Å². The summed E-state index contributed by atoms with van der Waals surface area (Å²) in [6, 6.07) is 9.87. The maximum Gasteiger partial charge on any atom is 0.433 e. The molecule has 0 saturated heterocycles. The van der Waals surface area contributed by atoms with Crippen molar-refractivity contribution in [3.8, 4) is 11.5 Å². The first-order valence-electron chi connectivity index (χ1n) is 10.3. The van der Waals surface area contributed by atoms with Gasteiger partial charge in [0, 0.05) is 17.8 Å². The molecule has 0 aliphatic carbocycles. The molecule has 0 aliphatic heterocycles. The van der Waals surface area contributed by atoms with Gasteiger partial charge in [-0.3, -0.25) is 14.9 Å². The zero-order valence-corrected chi connectivity index (χ0v) is 20.6. The van der Waals surface area contributed by atoms with E-state index in [2.05, 4.69) is 31.3 Å². The zero-order chi connectivity index (χ0) is 26.4. The van der Waals surface area contributed by atoms with Crippen LogP contribution in [0, 0.1) is 30.9 Å². The van der Waals surface area contributed by atoms with Crippen molar-refractivity contribution < 1.29 is 27.6 Å². The smallest absolute Gasteiger partial charge is 0.433 e. The Morgan fingerprint density at radius 3 is 2.31 bits per heavy atom. The second-order valence-electron chi connectivity index (χ2n) is 8.03. The summed E-state index contributed by atoms with van der Waals surface area (Å²) in [7, 11) is 0. The fourth-order valence-electron chi connectivity index (χ4n) is 3.60. The van der Waals surface area contributed by atoms with Gasteiger partial charge < -0.3 is 10.1 Å². The number of nitro benzene ring substituents is 1. The average Bonchev–Trinajstić information content (AvgIpc) is 3.08. The Labute approximate surface area is 210 Å². The number of hydrogen-bond acceptors (Lipinski definition) is 6. The number of carbonyl (C=O) groups is 1. The highest BCUT2D eigenvalue weighted by molar-refractivity contribution is 9.10. The van der Waals surface area contributed by atoms with Gasteiger partial charge in [-0.05, 0) is 66.0 Å². The largest absolute Gasteiger partial charge is 0.457 e. The molecule has 0 aliphatic rings. The third-order valence-electron chi connectivity index (χ3n) is 4.96. The predicted octanol–water partition coefficient (Wildman–Crippen LogP) is 6.39. The summed E-state index contributed by atoms with van der Waals surface area (Å²) in [6.45, 7) is 5.12. The summed E-state index contributed by atoms with van der Waals surface area (Å²) in [5, 5.41) is 17.7. The average molecular weight is 564 g/mol. The number of carbonyl (C=O) groups excluding carboxylic acids is 1. The van der Waals surface area contributed by atoms with E-state index in [1.807, 2.05) is 19.9 Å². The molecule has 0 atom stereocenters. The topological polar surface area (TPSA) is 112 Å². The molecule has 4 aromatic rings. The number of rotatable bonds is 5. The van der Waals surface area contributed by atoms with Crippen LogP contribution in [0.5, 0.6) is 11.5 Å². The molecule has 13 heteroatoms. The Hall–Kier alpha value is -4.00. The first-order valence-corrected chi connectivity index (χ1v) is 11.1. The van der Waals surface area contributed by atoms with Crippen LogP contribution in [0.1, 0.15) is 33.0 Å². The molecule has 186 valence electrons. The minimum absolute atomic E-state index is 0.0160. The molecule has 1 amide bonds. The first-order chi connectivity index (χ1) is 16.8. The Morgan fingerprint density at radius 1 is 1.06 bits per heavy atom. The van der Waals surface area contributed by atoms with Crippen molar-refractivity contribution in [1.82, 2.24) is 14.6 Å². The molecule has 0 bridgehead atoms. The van der Waals surface area contributed by atoms with Crippen LogP contribution in [0.4, 0.5) is 24.5 Å². The third-order valence-corrected chi connectivity index (χ3v) is 5.69. The van der Waals surface area contributed by atoms with E-state index in [4.69, 9.17) is 4.74 Å². The monoisotopic (exact) mass is 563 g/mol. The van der Waals surface area contributed by atoms with Crippen LogP contribution in [0.2, 0.25) is 0 Å². The van der Waals surface area contributed by atoms with Gasteiger partial charge in [-0.2, -0.15) is 18.3 Å². The highest BCUT2D eigenvalue weighted by atomic mass is 79.9. The van der Waals surface area contributed by atoms with Crippen molar-refractivity contribution in [2.75, 3.05) is 5.32 Å². The molecule has 2 aromatic heterocycles. The van der Waals surface area contributed by atoms with E-state index in [1.165, 1.54) is 19.1 Å². The van der Waals surface area contributed by atoms with Gasteiger partial charge in [0.2, 0.25) is 0 Å². The van der Waals surface area contributed by atoms with Crippen LogP contribution < -0.4 is 10.1 Å². The fourth-order valence-corrected chi connectivity index (χ4v) is 4.11. The lowest BCUT2D eigenvalue weighted by atomic mass is 10.1. The minimum atomic E-state index is -4.74. The Kier molecular flexibility index (Phi) is 6.43. The molecule has 1 N–H and O–H groups in total. The Morgan fingerprint density at radius 2 is 1.69 bits per heavy atom. The number of hydrogen-bond donors (Lipinski definition) is 1. The van der Waals surface area contributed by atoms with Gasteiger partial charge >= 0.3 is 6.18 Å². The molecular formula is C23H17BrF3N5O4. The molecule has 0 unspecified atom stereocenters. The second-order valence-corrected chi connectivity index (χ2v) is 8.82. The van der Waals surface area contributed by atoms with E-state index in [9.17, 15) is 28.1 Å². The molecule has 2 heterocycles. The first kappa shape index (κ1) is 25.1. The number of fused-ring (bicyclic) bond motifs is 1. The number of ether oxygens (including phenoxy) is 1. The molecule has 0 spiro atoms. The maximum absolute atomic E-state index is 13.5. The van der Waals surface area contributed by atoms with Crippen molar-refractivity contribution in [3.05, 3.63) is 85.3 Å². The van der Waals surface area contributed by atoms with E-state index < -0.39 is 22.7 Å². The number of amides is 1. The molecule has 0 radical (unpaired) electrons. The van der Waals surface area contributed by atoms with E-state index >= 15 is 0 Å². The van der Waals surface area contributed by atoms with Crippen LogP contribution >= 0.6 is 15.9 Å². The van der Waals surface area contributed by atoms with Gasteiger partial charge in [0.1, 0.15) is 17.2 Å². The lowest BCUT2D eigenvalue weighted by Crippen LogP contribution is -2.16. The van der Waals surface area contributed by atoms with E-state index in [1.54, 1.807) is 12.1 Å². The number of halogens is 4. The van der Waals surface area contributed by atoms with Gasteiger partial charge in [-0.25, -0.2) is 9.50 Å². The number of nitrogens with one attached hydrogen (secondary N) is 1. The van der Waals surface area contributed by atoms with Gasteiger partial charge in [-0.15, -0.1) is 0 Å². The van der Waals surface area contributed by atoms with Crippen molar-refractivity contribution in [2.24, 2.45) is 0 Å². The van der Waals surface area contributed by atoms with E-state index in [0.29, 0.717) is 10.3 Å². The summed E-state index contributed by atoms with van der Waals surface area (Å²) in [6.07, 6.45) is -4.74. The number of alkyl halides is 3.